The zero-order valence-electron chi connectivity index (χ0n) is 14.3. The summed E-state index contributed by atoms with van der Waals surface area (Å²) in [6.45, 7) is 11.1. The fraction of sp³-hybridized carbons (Fsp3) is 1.00. The van der Waals surface area contributed by atoms with Gasteiger partial charge in [0, 0.05) is 0 Å². The van der Waals surface area contributed by atoms with Gasteiger partial charge >= 0.3 is 11.0 Å². The second-order valence-electron chi connectivity index (χ2n) is 6.54. The van der Waals surface area contributed by atoms with Crippen LogP contribution in [0.1, 0.15) is 20.8 Å². The van der Waals surface area contributed by atoms with Crippen LogP contribution in [-0.4, -0.2) is 71.2 Å². The Kier molecular flexibility index (Phi) is 7.58. The molecule has 1 aliphatic rings. The van der Waals surface area contributed by atoms with E-state index in [1.807, 2.05) is 0 Å². The summed E-state index contributed by atoms with van der Waals surface area (Å²) in [7, 11) is -11.1. The average Bonchev–Trinajstić information content (AvgIpc) is 2.35. The maximum Gasteiger partial charge on any atom is 0.480 e. The molecule has 0 aromatic heterocycles. The summed E-state index contributed by atoms with van der Waals surface area (Å²) in [5, 5.41) is 0. The molecule has 7 nitrogen and oxygen atoms in total. The van der Waals surface area contributed by atoms with Gasteiger partial charge in [0.15, 0.2) is 20.0 Å². The Morgan fingerprint density at radius 1 is 0.808 bits per heavy atom. The molecule has 0 radical (unpaired) electrons. The Bertz CT molecular complexity index is 631. The molecule has 26 heavy (non-hydrogen) atoms. The number of ether oxygens (including phenoxy) is 1. The fourth-order valence-corrected chi connectivity index (χ4v) is 3.34. The summed E-state index contributed by atoms with van der Waals surface area (Å²) in [6.07, 6.45) is 0. The van der Waals surface area contributed by atoms with Crippen LogP contribution in [0.25, 0.3) is 4.13 Å². The predicted molar refractivity (Wildman–Crippen MR) is 79.8 cm³/mol. The van der Waals surface area contributed by atoms with E-state index in [4.69, 9.17) is 4.74 Å². The van der Waals surface area contributed by atoms with E-state index < -0.39 is 31.1 Å². The Balaban J connectivity index is 0.000000502. The minimum Gasteiger partial charge on any atom is -0.421 e. The van der Waals surface area contributed by atoms with Crippen LogP contribution < -0.4 is 0 Å². The molecule has 0 N–H and O–H groups in total. The largest absolute Gasteiger partial charge is 0.480 e. The van der Waals surface area contributed by atoms with Gasteiger partial charge in [-0.3, -0.25) is 0 Å². The van der Waals surface area contributed by atoms with Crippen molar-refractivity contribution in [2.24, 2.45) is 0 Å². The van der Waals surface area contributed by atoms with Gasteiger partial charge in [-0.2, -0.15) is 26.3 Å². The molecule has 0 spiro atoms. The van der Waals surface area contributed by atoms with E-state index in [2.05, 4.69) is 27.8 Å². The van der Waals surface area contributed by atoms with Crippen molar-refractivity contribution >= 4 is 20.0 Å². The number of sulfonamides is 2. The van der Waals surface area contributed by atoms with Gasteiger partial charge in [-0.05, 0) is 20.8 Å². The lowest BCUT2D eigenvalue weighted by Crippen LogP contribution is -2.62. The zero-order chi connectivity index (χ0) is 21.2. The van der Waals surface area contributed by atoms with Crippen LogP contribution in [-0.2, 0) is 24.8 Å². The van der Waals surface area contributed by atoms with Crippen molar-refractivity contribution in [1.82, 2.24) is 0 Å². The first kappa shape index (κ1) is 25.4. The van der Waals surface area contributed by atoms with E-state index in [0.29, 0.717) is 5.54 Å². The van der Waals surface area contributed by atoms with E-state index >= 15 is 0 Å². The van der Waals surface area contributed by atoms with Crippen LogP contribution in [0.5, 0.6) is 0 Å². The van der Waals surface area contributed by atoms with E-state index in [1.165, 1.54) is 0 Å². The maximum absolute atomic E-state index is 11.4. The molecule has 15 heteroatoms. The van der Waals surface area contributed by atoms with Gasteiger partial charge in [0.1, 0.15) is 13.1 Å². The first-order valence-electron chi connectivity index (χ1n) is 6.95. The number of morpholine rings is 1. The second-order valence-corrected chi connectivity index (χ2v) is 9.96. The van der Waals surface area contributed by atoms with Gasteiger partial charge in [0.25, 0.3) is 0 Å². The molecular formula is C11H20F6N2O5S2. The highest BCUT2D eigenvalue weighted by Gasteiger charge is 2.47. The molecule has 0 aromatic rings. The Morgan fingerprint density at radius 3 is 1.31 bits per heavy atom. The molecule has 0 aromatic carbocycles. The molecular weight excluding hydrogens is 418 g/mol. The van der Waals surface area contributed by atoms with Gasteiger partial charge in [-0.1, -0.05) is 0 Å². The van der Waals surface area contributed by atoms with Crippen molar-refractivity contribution in [3.8, 4) is 0 Å². The Hall–Kier alpha value is -0.640. The summed E-state index contributed by atoms with van der Waals surface area (Å²) in [5.41, 5.74) is -12.0. The fourth-order valence-electron chi connectivity index (χ4n) is 1.63. The molecule has 1 saturated heterocycles. The summed E-state index contributed by atoms with van der Waals surface area (Å²) in [4.78, 5) is 0. The number of nitrogens with zero attached hydrogens (tertiary/aromatic N) is 2. The molecule has 0 bridgehead atoms. The minimum absolute atomic E-state index is 0.365. The molecule has 1 fully saturated rings. The highest BCUT2D eigenvalue weighted by Crippen LogP contribution is 2.36. The van der Waals surface area contributed by atoms with Crippen molar-refractivity contribution in [3.63, 3.8) is 0 Å². The molecule has 0 atom stereocenters. The lowest BCUT2D eigenvalue weighted by molar-refractivity contribution is -0.959. The highest BCUT2D eigenvalue weighted by molar-refractivity contribution is 8.13. The molecule has 0 amide bonds. The van der Waals surface area contributed by atoms with Gasteiger partial charge < -0.3 is 13.3 Å². The van der Waals surface area contributed by atoms with Crippen LogP contribution in [0.4, 0.5) is 26.3 Å². The van der Waals surface area contributed by atoms with E-state index in [9.17, 15) is 43.2 Å². The SMILES string of the molecule is CC(C)(C)[N+]1(C)CCOCC1.O=S(=O)([N-]S(=O)(=O)C(F)(F)F)C(F)(F)F. The first-order chi connectivity index (χ1) is 11.2. The summed E-state index contributed by atoms with van der Waals surface area (Å²) < 4.78 is 116. The monoisotopic (exact) mass is 438 g/mol. The number of halogens is 6. The molecule has 1 aliphatic heterocycles. The molecule has 0 saturated carbocycles. The minimum atomic E-state index is -6.72. The van der Waals surface area contributed by atoms with Gasteiger partial charge in [-0.15, -0.1) is 0 Å². The van der Waals surface area contributed by atoms with Crippen molar-refractivity contribution < 1.29 is 52.4 Å². The number of quaternary nitrogens is 1. The molecule has 0 aliphatic carbocycles. The quantitative estimate of drug-likeness (QED) is 0.488. The average molecular weight is 438 g/mol. The normalized spacial score (nSPS) is 19.5. The van der Waals surface area contributed by atoms with Crippen LogP contribution in [0.3, 0.4) is 0 Å². The van der Waals surface area contributed by atoms with E-state index in [1.54, 1.807) is 0 Å². The van der Waals surface area contributed by atoms with Crippen molar-refractivity contribution in [3.05, 3.63) is 4.13 Å². The van der Waals surface area contributed by atoms with Crippen molar-refractivity contribution in [1.29, 1.82) is 0 Å². The standard InChI is InChI=1S/C9H20NO.C2F6NO4S2/c1-9(2,3)10(4)5-7-11-8-6-10;3-1(4,5)14(10,11)9-15(12,13)2(6,7)8/h5-8H2,1-4H3;/q+1;-1. The zero-order valence-corrected chi connectivity index (χ0v) is 16.0. The number of alkyl halides is 6. The van der Waals surface area contributed by atoms with Gasteiger partial charge in [-0.25, -0.2) is 16.8 Å². The lowest BCUT2D eigenvalue weighted by Gasteiger charge is -2.47. The Labute approximate surface area is 148 Å². The van der Waals surface area contributed by atoms with Crippen LogP contribution in [0.15, 0.2) is 0 Å². The van der Waals surface area contributed by atoms with E-state index in [-0.39, 0.29) is 0 Å². The summed E-state index contributed by atoms with van der Waals surface area (Å²) >= 11 is 0. The maximum atomic E-state index is 11.4. The number of likely N-dealkylation sites (N-methyl/N-ethyl adjacent to an activating group) is 1. The second kappa shape index (κ2) is 7.77. The highest BCUT2D eigenvalue weighted by atomic mass is 32.3. The van der Waals surface area contributed by atoms with Gasteiger partial charge in [0.05, 0.1) is 25.8 Å². The van der Waals surface area contributed by atoms with Crippen LogP contribution in [0, 0.1) is 0 Å². The van der Waals surface area contributed by atoms with Crippen LogP contribution in [0.2, 0.25) is 0 Å². The molecule has 158 valence electrons. The topological polar surface area (TPSA) is 91.6 Å². The van der Waals surface area contributed by atoms with Crippen molar-refractivity contribution in [2.45, 2.75) is 37.3 Å². The lowest BCUT2D eigenvalue weighted by atomic mass is 10.0. The van der Waals surface area contributed by atoms with Gasteiger partial charge in [0.2, 0.25) is 0 Å². The molecule has 0 unspecified atom stereocenters. The molecule has 1 rings (SSSR count). The smallest absolute Gasteiger partial charge is 0.421 e. The third kappa shape index (κ3) is 6.51. The Morgan fingerprint density at radius 2 is 1.12 bits per heavy atom. The summed E-state index contributed by atoms with van der Waals surface area (Å²) in [5.74, 6) is 0. The third-order valence-corrected chi connectivity index (χ3v) is 6.60. The third-order valence-electron chi connectivity index (χ3n) is 3.86. The molecule has 1 heterocycles. The number of hydrogen-bond donors (Lipinski definition) is 0. The van der Waals surface area contributed by atoms with Crippen LogP contribution >= 0.6 is 0 Å². The first-order valence-corrected chi connectivity index (χ1v) is 9.83. The number of hydrogen-bond acceptors (Lipinski definition) is 5. The number of rotatable bonds is 2. The van der Waals surface area contributed by atoms with Crippen molar-refractivity contribution in [2.75, 3.05) is 33.4 Å². The predicted octanol–water partition coefficient (Wildman–Crippen LogP) is 2.32. The summed E-state index contributed by atoms with van der Waals surface area (Å²) in [6, 6.07) is 0. The van der Waals surface area contributed by atoms with E-state index in [0.717, 1.165) is 34.9 Å².